The van der Waals surface area contributed by atoms with Crippen molar-refractivity contribution >= 4 is 23.2 Å². The first kappa shape index (κ1) is 22.8. The molecule has 4 rings (SSSR count). The summed E-state index contributed by atoms with van der Waals surface area (Å²) in [5.41, 5.74) is 7.54. The van der Waals surface area contributed by atoms with Crippen LogP contribution >= 0.6 is 11.3 Å². The second kappa shape index (κ2) is 10.1. The third-order valence-electron chi connectivity index (χ3n) is 5.82. The van der Waals surface area contributed by atoms with Gasteiger partial charge in [0.1, 0.15) is 17.9 Å². The third-order valence-corrected chi connectivity index (χ3v) is 6.73. The molecule has 1 aromatic heterocycles. The number of benzene rings is 3. The Hall–Kier alpha value is -3.37. The van der Waals surface area contributed by atoms with Gasteiger partial charge in [-0.2, -0.15) is 0 Å². The summed E-state index contributed by atoms with van der Waals surface area (Å²) in [5, 5.41) is 2.00. The Morgan fingerprint density at radius 2 is 1.70 bits per heavy atom. The number of thiophene rings is 1. The van der Waals surface area contributed by atoms with E-state index in [1.807, 2.05) is 35.7 Å². The number of halogens is 2. The summed E-state index contributed by atoms with van der Waals surface area (Å²) < 4.78 is 28.1. The van der Waals surface area contributed by atoms with Gasteiger partial charge in [-0.15, -0.1) is 11.3 Å². The summed E-state index contributed by atoms with van der Waals surface area (Å²) in [7, 11) is 0. The molecule has 0 radical (unpaired) electrons. The summed E-state index contributed by atoms with van der Waals surface area (Å²) in [4.78, 5) is 12.4. The summed E-state index contributed by atoms with van der Waals surface area (Å²) in [6, 6.07) is 19.6. The molecule has 0 unspecified atom stereocenters. The number of carbonyl (C=O) groups is 1. The zero-order chi connectivity index (χ0) is 23.4. The van der Waals surface area contributed by atoms with Crippen LogP contribution in [0.5, 0.6) is 0 Å². The molecule has 0 fully saturated rings. The van der Waals surface area contributed by atoms with E-state index in [2.05, 4.69) is 32.0 Å². The first-order chi connectivity index (χ1) is 15.9. The molecule has 33 heavy (non-hydrogen) atoms. The first-order valence-electron chi connectivity index (χ1n) is 10.8. The van der Waals surface area contributed by atoms with E-state index in [-0.39, 0.29) is 0 Å². The van der Waals surface area contributed by atoms with Crippen LogP contribution in [0.15, 0.2) is 78.2 Å². The van der Waals surface area contributed by atoms with Crippen molar-refractivity contribution in [3.8, 4) is 10.4 Å². The lowest BCUT2D eigenvalue weighted by molar-refractivity contribution is 0.112. The van der Waals surface area contributed by atoms with Crippen LogP contribution in [0.2, 0.25) is 0 Å². The molecule has 0 aliphatic carbocycles. The number of hydrogen-bond donors (Lipinski definition) is 0. The number of aldehydes is 1. The van der Waals surface area contributed by atoms with Crippen LogP contribution in [0.3, 0.4) is 0 Å². The highest BCUT2D eigenvalue weighted by Gasteiger charge is 2.11. The van der Waals surface area contributed by atoms with Crippen LogP contribution in [0.4, 0.5) is 8.78 Å². The van der Waals surface area contributed by atoms with Crippen molar-refractivity contribution in [2.24, 2.45) is 0 Å². The van der Waals surface area contributed by atoms with Crippen LogP contribution in [0.25, 0.3) is 16.0 Å². The molecule has 0 aliphatic heterocycles. The predicted octanol–water partition coefficient (Wildman–Crippen LogP) is 7.99. The monoisotopic (exact) mass is 458 g/mol. The van der Waals surface area contributed by atoms with Gasteiger partial charge >= 0.3 is 0 Å². The molecular weight excluding hydrogens is 434 g/mol. The van der Waals surface area contributed by atoms with E-state index in [0.29, 0.717) is 24.0 Å². The highest BCUT2D eigenvalue weighted by molar-refractivity contribution is 7.13. The molecule has 0 spiro atoms. The van der Waals surface area contributed by atoms with Gasteiger partial charge in [0.25, 0.3) is 0 Å². The molecular formula is C29H24F2OS. The van der Waals surface area contributed by atoms with Crippen molar-refractivity contribution in [1.29, 1.82) is 0 Å². The van der Waals surface area contributed by atoms with E-state index in [4.69, 9.17) is 0 Å². The Morgan fingerprint density at radius 3 is 2.36 bits per heavy atom. The lowest BCUT2D eigenvalue weighted by atomic mass is 9.93. The molecule has 3 aromatic carbocycles. The molecule has 0 N–H and O–H groups in total. The van der Waals surface area contributed by atoms with Crippen molar-refractivity contribution in [1.82, 2.24) is 0 Å². The molecule has 4 heteroatoms. The Bertz CT molecular complexity index is 1300. The summed E-state index contributed by atoms with van der Waals surface area (Å²) in [5.74, 6) is -1.18. The van der Waals surface area contributed by atoms with Gasteiger partial charge in [0, 0.05) is 16.5 Å². The second-order valence-corrected chi connectivity index (χ2v) is 9.15. The SMILES string of the molecule is Cc1ccc(CC(=CCc2ccc(C=O)cc2-c2cccs2)c2cc(F)cc(F)c2)cc1C. The Balaban J connectivity index is 1.75. The standard InChI is InChI=1S/C29H24F2OS/c1-19-5-6-21(12-20(19)2)13-24(25-15-26(30)17-27(31)16-25)10-9-23-8-7-22(18-32)14-28(23)29-4-3-11-33-29/h3-8,10-12,14-18H,9,13H2,1-2H3. The van der Waals surface area contributed by atoms with Crippen molar-refractivity contribution in [3.63, 3.8) is 0 Å². The van der Waals surface area contributed by atoms with E-state index in [0.717, 1.165) is 39.5 Å². The van der Waals surface area contributed by atoms with Crippen LogP contribution in [0, 0.1) is 25.5 Å². The maximum Gasteiger partial charge on any atom is 0.150 e. The highest BCUT2D eigenvalue weighted by Crippen LogP contribution is 2.31. The lowest BCUT2D eigenvalue weighted by Gasteiger charge is -2.13. The van der Waals surface area contributed by atoms with Gasteiger partial charge in [0.2, 0.25) is 0 Å². The van der Waals surface area contributed by atoms with Crippen LogP contribution < -0.4 is 0 Å². The van der Waals surface area contributed by atoms with Gasteiger partial charge in [-0.3, -0.25) is 4.79 Å². The zero-order valence-corrected chi connectivity index (χ0v) is 19.4. The molecule has 4 aromatic rings. The predicted molar refractivity (Wildman–Crippen MR) is 133 cm³/mol. The minimum atomic E-state index is -0.592. The summed E-state index contributed by atoms with van der Waals surface area (Å²) in [6.07, 6.45) is 4.02. The maximum absolute atomic E-state index is 14.0. The van der Waals surface area contributed by atoms with E-state index in [1.54, 1.807) is 17.4 Å². The van der Waals surface area contributed by atoms with E-state index in [9.17, 15) is 13.6 Å². The van der Waals surface area contributed by atoms with E-state index < -0.39 is 11.6 Å². The Kier molecular flexibility index (Phi) is 6.95. The van der Waals surface area contributed by atoms with Crippen LogP contribution in [-0.4, -0.2) is 6.29 Å². The molecule has 0 amide bonds. The van der Waals surface area contributed by atoms with Crippen molar-refractivity contribution in [2.45, 2.75) is 26.7 Å². The summed E-state index contributed by atoms with van der Waals surface area (Å²) >= 11 is 1.61. The van der Waals surface area contributed by atoms with Crippen molar-refractivity contribution < 1.29 is 13.6 Å². The lowest BCUT2D eigenvalue weighted by Crippen LogP contribution is -1.97. The highest BCUT2D eigenvalue weighted by atomic mass is 32.1. The number of hydrogen-bond acceptors (Lipinski definition) is 2. The fourth-order valence-electron chi connectivity index (χ4n) is 3.90. The average Bonchev–Trinajstić information content (AvgIpc) is 3.33. The molecule has 0 bridgehead atoms. The minimum absolute atomic E-state index is 0.535. The number of carbonyl (C=O) groups excluding carboxylic acids is 1. The fourth-order valence-corrected chi connectivity index (χ4v) is 4.68. The smallest absolute Gasteiger partial charge is 0.150 e. The first-order valence-corrected chi connectivity index (χ1v) is 11.6. The third kappa shape index (κ3) is 5.52. The van der Waals surface area contributed by atoms with Gasteiger partial charge in [-0.25, -0.2) is 8.78 Å². The van der Waals surface area contributed by atoms with Gasteiger partial charge in [-0.1, -0.05) is 42.5 Å². The molecule has 0 atom stereocenters. The van der Waals surface area contributed by atoms with E-state index in [1.165, 1.54) is 23.3 Å². The largest absolute Gasteiger partial charge is 0.298 e. The molecule has 0 saturated carbocycles. The summed E-state index contributed by atoms with van der Waals surface area (Å²) in [6.45, 7) is 4.12. The number of allylic oxidation sites excluding steroid dienone is 2. The molecule has 166 valence electrons. The van der Waals surface area contributed by atoms with Gasteiger partial charge < -0.3 is 0 Å². The van der Waals surface area contributed by atoms with E-state index >= 15 is 0 Å². The Labute approximate surface area is 197 Å². The Morgan fingerprint density at radius 1 is 0.909 bits per heavy atom. The average molecular weight is 459 g/mol. The second-order valence-electron chi connectivity index (χ2n) is 8.20. The number of rotatable bonds is 7. The van der Waals surface area contributed by atoms with Gasteiger partial charge in [-0.05, 0) is 95.3 Å². The zero-order valence-electron chi connectivity index (χ0n) is 18.6. The minimum Gasteiger partial charge on any atom is -0.298 e. The van der Waals surface area contributed by atoms with Gasteiger partial charge in [0.15, 0.2) is 0 Å². The quantitative estimate of drug-likeness (QED) is 0.257. The maximum atomic E-state index is 14.0. The molecule has 0 saturated heterocycles. The van der Waals surface area contributed by atoms with Crippen LogP contribution in [-0.2, 0) is 12.8 Å². The van der Waals surface area contributed by atoms with Crippen molar-refractivity contribution in [2.75, 3.05) is 0 Å². The molecule has 1 heterocycles. The normalized spacial score (nSPS) is 11.6. The molecule has 0 aliphatic rings. The van der Waals surface area contributed by atoms with Crippen LogP contribution in [0.1, 0.15) is 38.2 Å². The molecule has 1 nitrogen and oxygen atoms in total. The fraction of sp³-hybridized carbons (Fsp3) is 0.138. The van der Waals surface area contributed by atoms with Gasteiger partial charge in [0.05, 0.1) is 0 Å². The topological polar surface area (TPSA) is 17.1 Å². The van der Waals surface area contributed by atoms with Crippen molar-refractivity contribution in [3.05, 3.63) is 123 Å². The number of aryl methyl sites for hydroxylation is 2.